The SMILES string of the molecule is Cc1cc2[nH]c(=O)ccc2c(-n2cccn2)n1. The van der Waals surface area contributed by atoms with Crippen molar-refractivity contribution in [3.05, 3.63) is 52.7 Å². The van der Waals surface area contributed by atoms with Gasteiger partial charge in [0.15, 0.2) is 5.82 Å². The normalized spacial score (nSPS) is 10.9. The number of pyridine rings is 2. The van der Waals surface area contributed by atoms with Crippen LogP contribution in [0.25, 0.3) is 16.7 Å². The van der Waals surface area contributed by atoms with Crippen molar-refractivity contribution in [1.29, 1.82) is 0 Å². The third-order valence-electron chi connectivity index (χ3n) is 2.55. The smallest absolute Gasteiger partial charge is 0.248 e. The molecule has 5 heteroatoms. The standard InChI is InChI=1S/C12H10N4O/c1-8-7-10-9(3-4-11(17)15-10)12(14-8)16-6-2-5-13-16/h2-7H,1H3,(H,15,17). The molecule has 0 atom stereocenters. The van der Waals surface area contributed by atoms with E-state index in [4.69, 9.17) is 0 Å². The highest BCUT2D eigenvalue weighted by molar-refractivity contribution is 5.85. The highest BCUT2D eigenvalue weighted by atomic mass is 16.1. The van der Waals surface area contributed by atoms with Crippen LogP contribution in [0.2, 0.25) is 0 Å². The molecule has 17 heavy (non-hydrogen) atoms. The third kappa shape index (κ3) is 1.61. The van der Waals surface area contributed by atoms with Crippen LogP contribution in [0, 0.1) is 6.92 Å². The second-order valence-electron chi connectivity index (χ2n) is 3.82. The topological polar surface area (TPSA) is 63.6 Å². The maximum atomic E-state index is 11.3. The van der Waals surface area contributed by atoms with E-state index in [0.29, 0.717) is 0 Å². The van der Waals surface area contributed by atoms with Crippen LogP contribution in [-0.2, 0) is 0 Å². The number of nitrogens with one attached hydrogen (secondary N) is 1. The van der Waals surface area contributed by atoms with E-state index in [1.807, 2.05) is 25.3 Å². The minimum atomic E-state index is -0.116. The number of nitrogens with zero attached hydrogens (tertiary/aromatic N) is 3. The van der Waals surface area contributed by atoms with E-state index < -0.39 is 0 Å². The number of aromatic nitrogens is 4. The second kappa shape index (κ2) is 3.55. The van der Waals surface area contributed by atoms with Crippen molar-refractivity contribution in [2.24, 2.45) is 0 Å². The summed E-state index contributed by atoms with van der Waals surface area (Å²) in [7, 11) is 0. The number of H-pyrrole nitrogens is 1. The van der Waals surface area contributed by atoms with Crippen molar-refractivity contribution >= 4 is 10.9 Å². The number of hydrogen-bond acceptors (Lipinski definition) is 3. The van der Waals surface area contributed by atoms with Gasteiger partial charge in [-0.3, -0.25) is 4.79 Å². The fourth-order valence-corrected chi connectivity index (χ4v) is 1.84. The molecule has 0 aliphatic carbocycles. The summed E-state index contributed by atoms with van der Waals surface area (Å²) in [6.45, 7) is 1.89. The van der Waals surface area contributed by atoms with Crippen LogP contribution in [0.1, 0.15) is 5.69 Å². The Labute approximate surface area is 96.7 Å². The van der Waals surface area contributed by atoms with Gasteiger partial charge in [-0.15, -0.1) is 0 Å². The molecule has 3 heterocycles. The fourth-order valence-electron chi connectivity index (χ4n) is 1.84. The molecule has 0 amide bonds. The van der Waals surface area contributed by atoms with Gasteiger partial charge in [0.1, 0.15) is 0 Å². The molecule has 1 N–H and O–H groups in total. The Morgan fingerprint density at radius 3 is 3.00 bits per heavy atom. The first-order valence-corrected chi connectivity index (χ1v) is 5.25. The molecule has 0 aliphatic heterocycles. The first kappa shape index (κ1) is 9.77. The van der Waals surface area contributed by atoms with E-state index in [9.17, 15) is 4.79 Å². The Morgan fingerprint density at radius 2 is 2.24 bits per heavy atom. The highest BCUT2D eigenvalue weighted by Gasteiger charge is 2.06. The molecule has 0 bridgehead atoms. The lowest BCUT2D eigenvalue weighted by atomic mass is 10.2. The monoisotopic (exact) mass is 226 g/mol. The minimum absolute atomic E-state index is 0.116. The molecule has 3 aromatic heterocycles. The van der Waals surface area contributed by atoms with Crippen molar-refractivity contribution in [2.45, 2.75) is 6.92 Å². The zero-order valence-electron chi connectivity index (χ0n) is 9.21. The molecule has 0 aliphatic rings. The van der Waals surface area contributed by atoms with Crippen LogP contribution in [0.5, 0.6) is 0 Å². The van der Waals surface area contributed by atoms with Gasteiger partial charge in [0.25, 0.3) is 0 Å². The van der Waals surface area contributed by atoms with E-state index in [-0.39, 0.29) is 5.56 Å². The average Bonchev–Trinajstić information content (AvgIpc) is 2.80. The number of fused-ring (bicyclic) bond motifs is 1. The van der Waals surface area contributed by atoms with Crippen LogP contribution in [0.4, 0.5) is 0 Å². The Balaban J connectivity index is 2.42. The van der Waals surface area contributed by atoms with Gasteiger partial charge in [0, 0.05) is 29.5 Å². The quantitative estimate of drug-likeness (QED) is 0.682. The molecule has 0 aromatic carbocycles. The van der Waals surface area contributed by atoms with Gasteiger partial charge in [-0.05, 0) is 25.1 Å². The van der Waals surface area contributed by atoms with Crippen molar-refractivity contribution in [1.82, 2.24) is 19.7 Å². The van der Waals surface area contributed by atoms with E-state index in [0.717, 1.165) is 22.4 Å². The molecule has 0 saturated carbocycles. The summed E-state index contributed by atoms with van der Waals surface area (Å²) in [6.07, 6.45) is 3.52. The van der Waals surface area contributed by atoms with E-state index in [1.54, 1.807) is 16.9 Å². The summed E-state index contributed by atoms with van der Waals surface area (Å²) < 4.78 is 1.69. The lowest BCUT2D eigenvalue weighted by molar-refractivity contribution is 0.849. The average molecular weight is 226 g/mol. The number of aromatic amines is 1. The Kier molecular flexibility index (Phi) is 2.04. The molecule has 0 radical (unpaired) electrons. The molecule has 0 saturated heterocycles. The summed E-state index contributed by atoms with van der Waals surface area (Å²) in [5, 5.41) is 5.04. The van der Waals surface area contributed by atoms with Crippen LogP contribution >= 0.6 is 0 Å². The van der Waals surface area contributed by atoms with Crippen LogP contribution in [0.15, 0.2) is 41.5 Å². The minimum Gasteiger partial charge on any atom is -0.322 e. The largest absolute Gasteiger partial charge is 0.322 e. The van der Waals surface area contributed by atoms with E-state index in [1.165, 1.54) is 6.07 Å². The molecule has 3 rings (SSSR count). The molecular weight excluding hydrogens is 216 g/mol. The molecule has 0 unspecified atom stereocenters. The van der Waals surface area contributed by atoms with Crippen LogP contribution in [0.3, 0.4) is 0 Å². The Hall–Kier alpha value is -2.43. The maximum Gasteiger partial charge on any atom is 0.248 e. The zero-order chi connectivity index (χ0) is 11.8. The summed E-state index contributed by atoms with van der Waals surface area (Å²) in [5.41, 5.74) is 1.50. The number of aryl methyl sites for hydroxylation is 1. The van der Waals surface area contributed by atoms with Gasteiger partial charge in [0.05, 0.1) is 5.52 Å². The summed E-state index contributed by atoms with van der Waals surface area (Å²) in [5.74, 6) is 0.723. The lowest BCUT2D eigenvalue weighted by Gasteiger charge is -2.06. The van der Waals surface area contributed by atoms with Crippen molar-refractivity contribution < 1.29 is 0 Å². The van der Waals surface area contributed by atoms with Crippen molar-refractivity contribution in [3.63, 3.8) is 0 Å². The van der Waals surface area contributed by atoms with Gasteiger partial charge in [-0.2, -0.15) is 5.10 Å². The molecule has 84 valence electrons. The highest BCUT2D eigenvalue weighted by Crippen LogP contribution is 2.17. The molecular formula is C12H10N4O. The third-order valence-corrected chi connectivity index (χ3v) is 2.55. The Bertz CT molecular complexity index is 728. The summed E-state index contributed by atoms with van der Waals surface area (Å²) in [6, 6.07) is 6.94. The predicted octanol–water partition coefficient (Wildman–Crippen LogP) is 1.42. The predicted molar refractivity (Wildman–Crippen MR) is 64.2 cm³/mol. The zero-order valence-corrected chi connectivity index (χ0v) is 9.21. The van der Waals surface area contributed by atoms with Gasteiger partial charge in [0.2, 0.25) is 5.56 Å². The summed E-state index contributed by atoms with van der Waals surface area (Å²) >= 11 is 0. The van der Waals surface area contributed by atoms with E-state index >= 15 is 0 Å². The van der Waals surface area contributed by atoms with Gasteiger partial charge < -0.3 is 4.98 Å². The van der Waals surface area contributed by atoms with Crippen LogP contribution in [-0.4, -0.2) is 19.7 Å². The second-order valence-corrected chi connectivity index (χ2v) is 3.82. The van der Waals surface area contributed by atoms with E-state index in [2.05, 4.69) is 15.1 Å². The van der Waals surface area contributed by atoms with Crippen molar-refractivity contribution in [2.75, 3.05) is 0 Å². The maximum absolute atomic E-state index is 11.3. The Morgan fingerprint density at radius 1 is 1.35 bits per heavy atom. The number of rotatable bonds is 1. The van der Waals surface area contributed by atoms with Crippen LogP contribution < -0.4 is 5.56 Å². The van der Waals surface area contributed by atoms with Gasteiger partial charge in [-0.25, -0.2) is 9.67 Å². The van der Waals surface area contributed by atoms with Crippen molar-refractivity contribution in [3.8, 4) is 5.82 Å². The summed E-state index contributed by atoms with van der Waals surface area (Å²) in [4.78, 5) is 18.5. The first-order chi connectivity index (χ1) is 8.24. The van der Waals surface area contributed by atoms with Gasteiger partial charge in [-0.1, -0.05) is 0 Å². The first-order valence-electron chi connectivity index (χ1n) is 5.25. The lowest BCUT2D eigenvalue weighted by Crippen LogP contribution is -2.06. The van der Waals surface area contributed by atoms with Gasteiger partial charge >= 0.3 is 0 Å². The fraction of sp³-hybridized carbons (Fsp3) is 0.0833. The molecule has 0 fully saturated rings. The number of hydrogen-bond donors (Lipinski definition) is 1. The molecule has 0 spiro atoms. The molecule has 5 nitrogen and oxygen atoms in total. The molecule has 3 aromatic rings.